The molecule has 0 bridgehead atoms. The smallest absolute Gasteiger partial charge is 0.131 e. The van der Waals surface area contributed by atoms with Gasteiger partial charge in [0.15, 0.2) is 0 Å². The minimum Gasteiger partial charge on any atom is -0.373 e. The summed E-state index contributed by atoms with van der Waals surface area (Å²) in [4.78, 5) is 9.09. The predicted octanol–water partition coefficient (Wildman–Crippen LogP) is 3.67. The summed E-state index contributed by atoms with van der Waals surface area (Å²) in [5, 5.41) is 3.11. The summed E-state index contributed by atoms with van der Waals surface area (Å²) >= 11 is 0. The molecule has 0 saturated carbocycles. The van der Waals surface area contributed by atoms with E-state index >= 15 is 0 Å². The van der Waals surface area contributed by atoms with Crippen molar-refractivity contribution in [2.45, 2.75) is 34.1 Å². The van der Waals surface area contributed by atoms with Gasteiger partial charge >= 0.3 is 0 Å². The highest BCUT2D eigenvalue weighted by Gasteiger charge is 2.09. The van der Waals surface area contributed by atoms with Crippen molar-refractivity contribution < 1.29 is 0 Å². The third kappa shape index (κ3) is 2.75. The molecule has 0 amide bonds. The lowest BCUT2D eigenvalue weighted by Gasteiger charge is -2.11. The van der Waals surface area contributed by atoms with Crippen molar-refractivity contribution in [3.8, 4) is 11.3 Å². The topological polar surface area (TPSA) is 37.8 Å². The van der Waals surface area contributed by atoms with Crippen LogP contribution in [0.1, 0.15) is 29.4 Å². The molecule has 1 aromatic carbocycles. The molecule has 0 saturated heterocycles. The van der Waals surface area contributed by atoms with E-state index in [9.17, 15) is 0 Å². The molecular formula is C16H21N3. The molecule has 3 nitrogen and oxygen atoms in total. The maximum absolute atomic E-state index is 4.65. The first-order valence-electron chi connectivity index (χ1n) is 6.69. The van der Waals surface area contributed by atoms with Gasteiger partial charge in [-0.25, -0.2) is 9.97 Å². The number of benzene rings is 1. The molecule has 2 aromatic rings. The van der Waals surface area contributed by atoms with Crippen LogP contribution < -0.4 is 5.32 Å². The summed E-state index contributed by atoms with van der Waals surface area (Å²) in [5.41, 5.74) is 6.06. The second kappa shape index (κ2) is 5.39. The molecule has 0 spiro atoms. The van der Waals surface area contributed by atoms with E-state index in [0.717, 1.165) is 23.8 Å². The van der Waals surface area contributed by atoms with Gasteiger partial charge in [0.25, 0.3) is 0 Å². The quantitative estimate of drug-likeness (QED) is 0.909. The molecule has 100 valence electrons. The van der Waals surface area contributed by atoms with E-state index in [-0.39, 0.29) is 0 Å². The van der Waals surface area contributed by atoms with Crippen LogP contribution in [0.15, 0.2) is 18.2 Å². The number of nitrogens with zero attached hydrogens (tertiary/aromatic N) is 2. The van der Waals surface area contributed by atoms with Gasteiger partial charge in [-0.1, -0.05) is 13.0 Å². The molecule has 0 aliphatic heterocycles. The van der Waals surface area contributed by atoms with Gasteiger partial charge in [-0.2, -0.15) is 0 Å². The molecule has 0 atom stereocenters. The highest BCUT2D eigenvalue weighted by molar-refractivity contribution is 5.67. The Labute approximate surface area is 115 Å². The number of rotatable bonds is 3. The lowest BCUT2D eigenvalue weighted by molar-refractivity contribution is 0.944. The standard InChI is InChI=1S/C16H21N3/c1-6-15-18-14(9-16(17-5)19-15)13-8-11(3)10(2)7-12(13)4/h7-9H,6H2,1-5H3,(H,17,18,19). The number of nitrogens with one attached hydrogen (secondary N) is 1. The molecule has 2 rings (SSSR count). The number of hydrogen-bond donors (Lipinski definition) is 1. The van der Waals surface area contributed by atoms with Crippen molar-refractivity contribution in [2.75, 3.05) is 12.4 Å². The van der Waals surface area contributed by atoms with Crippen molar-refractivity contribution in [1.82, 2.24) is 9.97 Å². The summed E-state index contributed by atoms with van der Waals surface area (Å²) < 4.78 is 0. The lowest BCUT2D eigenvalue weighted by atomic mass is 9.98. The summed E-state index contributed by atoms with van der Waals surface area (Å²) in [6.07, 6.45) is 0.840. The fraction of sp³-hybridized carbons (Fsp3) is 0.375. The average molecular weight is 255 g/mol. The molecule has 0 aliphatic rings. The summed E-state index contributed by atoms with van der Waals surface area (Å²) in [5.74, 6) is 1.75. The largest absolute Gasteiger partial charge is 0.373 e. The summed E-state index contributed by atoms with van der Waals surface area (Å²) in [7, 11) is 1.89. The molecule has 0 radical (unpaired) electrons. The van der Waals surface area contributed by atoms with E-state index in [0.29, 0.717) is 0 Å². The van der Waals surface area contributed by atoms with Gasteiger partial charge in [0.1, 0.15) is 11.6 Å². The minimum absolute atomic E-state index is 0.840. The normalized spacial score (nSPS) is 10.6. The Balaban J connectivity index is 2.61. The van der Waals surface area contributed by atoms with Crippen LogP contribution in [0.25, 0.3) is 11.3 Å². The number of aromatic nitrogens is 2. The molecule has 1 N–H and O–H groups in total. The molecule has 0 unspecified atom stereocenters. The van der Waals surface area contributed by atoms with Crippen molar-refractivity contribution in [1.29, 1.82) is 0 Å². The van der Waals surface area contributed by atoms with Crippen LogP contribution in [0, 0.1) is 20.8 Å². The van der Waals surface area contributed by atoms with Gasteiger partial charge in [-0.3, -0.25) is 0 Å². The maximum Gasteiger partial charge on any atom is 0.131 e. The third-order valence-electron chi connectivity index (χ3n) is 3.46. The fourth-order valence-electron chi connectivity index (χ4n) is 2.16. The summed E-state index contributed by atoms with van der Waals surface area (Å²) in [6, 6.07) is 6.44. The first kappa shape index (κ1) is 13.5. The third-order valence-corrected chi connectivity index (χ3v) is 3.46. The first-order chi connectivity index (χ1) is 9.05. The van der Waals surface area contributed by atoms with Gasteiger partial charge in [-0.15, -0.1) is 0 Å². The Hall–Kier alpha value is -1.90. The van der Waals surface area contributed by atoms with E-state index in [1.54, 1.807) is 0 Å². The van der Waals surface area contributed by atoms with Gasteiger partial charge in [0, 0.05) is 25.1 Å². The Morgan fingerprint density at radius 1 is 0.947 bits per heavy atom. The van der Waals surface area contributed by atoms with Crippen LogP contribution in [-0.2, 0) is 6.42 Å². The van der Waals surface area contributed by atoms with Crippen molar-refractivity contribution in [3.05, 3.63) is 40.7 Å². The van der Waals surface area contributed by atoms with Crippen molar-refractivity contribution in [2.24, 2.45) is 0 Å². The highest BCUT2D eigenvalue weighted by Crippen LogP contribution is 2.26. The van der Waals surface area contributed by atoms with Crippen LogP contribution in [0.4, 0.5) is 5.82 Å². The monoisotopic (exact) mass is 255 g/mol. The second-order valence-corrected chi connectivity index (χ2v) is 4.91. The van der Waals surface area contributed by atoms with Crippen LogP contribution >= 0.6 is 0 Å². The molecule has 0 aliphatic carbocycles. The summed E-state index contributed by atoms with van der Waals surface area (Å²) in [6.45, 7) is 8.49. The van der Waals surface area contributed by atoms with Crippen LogP contribution in [0.5, 0.6) is 0 Å². The van der Waals surface area contributed by atoms with Crippen molar-refractivity contribution >= 4 is 5.82 Å². The number of aryl methyl sites for hydroxylation is 4. The van der Waals surface area contributed by atoms with Gasteiger partial charge in [0.2, 0.25) is 0 Å². The maximum atomic E-state index is 4.65. The number of hydrogen-bond acceptors (Lipinski definition) is 3. The number of anilines is 1. The van der Waals surface area contributed by atoms with E-state index in [1.807, 2.05) is 13.1 Å². The molecule has 0 fully saturated rings. The van der Waals surface area contributed by atoms with Gasteiger partial charge < -0.3 is 5.32 Å². The molecule has 1 aromatic heterocycles. The van der Waals surface area contributed by atoms with Gasteiger partial charge in [-0.05, 0) is 43.5 Å². The zero-order valence-corrected chi connectivity index (χ0v) is 12.3. The Morgan fingerprint density at radius 2 is 1.63 bits per heavy atom. The van der Waals surface area contributed by atoms with E-state index < -0.39 is 0 Å². The molecule has 19 heavy (non-hydrogen) atoms. The lowest BCUT2D eigenvalue weighted by Crippen LogP contribution is -2.01. The van der Waals surface area contributed by atoms with E-state index in [1.165, 1.54) is 22.3 Å². The zero-order valence-electron chi connectivity index (χ0n) is 12.3. The fourth-order valence-corrected chi connectivity index (χ4v) is 2.16. The van der Waals surface area contributed by atoms with Crippen molar-refractivity contribution in [3.63, 3.8) is 0 Å². The zero-order chi connectivity index (χ0) is 14.0. The minimum atomic E-state index is 0.840. The van der Waals surface area contributed by atoms with E-state index in [4.69, 9.17) is 0 Å². The van der Waals surface area contributed by atoms with Gasteiger partial charge in [0.05, 0.1) is 5.69 Å². The predicted molar refractivity (Wildman–Crippen MR) is 80.6 cm³/mol. The van der Waals surface area contributed by atoms with E-state index in [2.05, 4.69) is 55.1 Å². The van der Waals surface area contributed by atoms with Crippen LogP contribution in [0.3, 0.4) is 0 Å². The van der Waals surface area contributed by atoms with Crippen LogP contribution in [0.2, 0.25) is 0 Å². The Morgan fingerprint density at radius 3 is 2.26 bits per heavy atom. The Bertz CT molecular complexity index is 581. The highest BCUT2D eigenvalue weighted by atomic mass is 15.0. The average Bonchev–Trinajstić information content (AvgIpc) is 2.42. The SMILES string of the molecule is CCc1nc(NC)cc(-c2cc(C)c(C)cc2C)n1. The molecule has 1 heterocycles. The second-order valence-electron chi connectivity index (χ2n) is 4.91. The molecular weight excluding hydrogens is 234 g/mol. The molecule has 3 heteroatoms. The Kier molecular flexibility index (Phi) is 3.84. The first-order valence-corrected chi connectivity index (χ1v) is 6.69. The van der Waals surface area contributed by atoms with Crippen LogP contribution in [-0.4, -0.2) is 17.0 Å².